The quantitative estimate of drug-likeness (QED) is 0.528. The van der Waals surface area contributed by atoms with E-state index in [-0.39, 0.29) is 5.82 Å². The molecule has 2 rings (SSSR count). The monoisotopic (exact) mass is 315 g/mol. The minimum Gasteiger partial charge on any atom is -0.263 e. The van der Waals surface area contributed by atoms with Gasteiger partial charge < -0.3 is 0 Å². The number of para-hydroxylation sites is 1. The van der Waals surface area contributed by atoms with Gasteiger partial charge in [-0.15, -0.1) is 0 Å². The third-order valence-corrected chi connectivity index (χ3v) is 3.76. The number of nitrogens with zero attached hydrogens (tertiary/aromatic N) is 2. The second kappa shape index (κ2) is 5.40. The van der Waals surface area contributed by atoms with Gasteiger partial charge in [0.1, 0.15) is 5.82 Å². The van der Waals surface area contributed by atoms with E-state index < -0.39 is 37.3 Å². The van der Waals surface area contributed by atoms with Gasteiger partial charge in [-0.2, -0.15) is 8.78 Å². The van der Waals surface area contributed by atoms with Crippen LogP contribution in [-0.2, 0) is 10.0 Å². The molecule has 1 heterocycles. The van der Waals surface area contributed by atoms with Crippen LogP contribution >= 0.6 is 0 Å². The minimum absolute atomic E-state index is 0.381. The van der Waals surface area contributed by atoms with Crippen molar-refractivity contribution in [1.82, 2.24) is 4.98 Å². The molecule has 0 aliphatic carbocycles. The Morgan fingerprint density at radius 1 is 1.14 bits per heavy atom. The van der Waals surface area contributed by atoms with Crippen LogP contribution in [0.3, 0.4) is 0 Å². The molecule has 0 fully saturated rings. The first-order valence-electron chi connectivity index (χ1n) is 5.39. The van der Waals surface area contributed by atoms with Crippen LogP contribution < -0.4 is 4.72 Å². The fourth-order valence-corrected chi connectivity index (χ4v) is 2.73. The van der Waals surface area contributed by atoms with Crippen LogP contribution in [0.15, 0.2) is 41.3 Å². The van der Waals surface area contributed by atoms with Crippen molar-refractivity contribution in [3.63, 3.8) is 0 Å². The molecule has 110 valence electrons. The van der Waals surface area contributed by atoms with Gasteiger partial charge in [-0.05, 0) is 24.3 Å². The van der Waals surface area contributed by atoms with E-state index >= 15 is 0 Å². The van der Waals surface area contributed by atoms with Crippen molar-refractivity contribution in [3.8, 4) is 0 Å². The predicted molar refractivity (Wildman–Crippen MR) is 68.1 cm³/mol. The lowest BCUT2D eigenvalue weighted by molar-refractivity contribution is -0.390. The zero-order valence-corrected chi connectivity index (χ0v) is 11.0. The van der Waals surface area contributed by atoms with Crippen molar-refractivity contribution in [2.75, 3.05) is 4.72 Å². The first-order valence-corrected chi connectivity index (χ1v) is 6.88. The first kappa shape index (κ1) is 14.8. The number of anilines is 1. The van der Waals surface area contributed by atoms with Gasteiger partial charge in [0.25, 0.3) is 10.0 Å². The van der Waals surface area contributed by atoms with E-state index in [1.54, 1.807) is 0 Å². The summed E-state index contributed by atoms with van der Waals surface area (Å²) in [5, 5.41) is 10.8. The molecule has 10 heteroatoms. The highest BCUT2D eigenvalue weighted by atomic mass is 32.2. The number of halogens is 2. The van der Waals surface area contributed by atoms with Crippen LogP contribution in [0.25, 0.3) is 0 Å². The Kier molecular flexibility index (Phi) is 3.80. The van der Waals surface area contributed by atoms with E-state index in [2.05, 4.69) is 4.98 Å². The number of pyridine rings is 1. The number of aromatic nitrogens is 1. The molecule has 0 aliphatic rings. The largest absolute Gasteiger partial charge is 0.325 e. The Morgan fingerprint density at radius 3 is 2.43 bits per heavy atom. The number of nitrogens with one attached hydrogen (secondary N) is 1. The number of sulfonamides is 1. The summed E-state index contributed by atoms with van der Waals surface area (Å²) in [4.78, 5) is 12.0. The second-order valence-corrected chi connectivity index (χ2v) is 5.45. The van der Waals surface area contributed by atoms with E-state index in [1.807, 2.05) is 4.72 Å². The number of nitro groups is 1. The van der Waals surface area contributed by atoms with Gasteiger partial charge in [0.2, 0.25) is 11.8 Å². The summed E-state index contributed by atoms with van der Waals surface area (Å²) in [5.41, 5.74) is -1.19. The Balaban J connectivity index is 2.50. The molecule has 0 spiro atoms. The second-order valence-electron chi connectivity index (χ2n) is 3.79. The molecule has 0 amide bonds. The van der Waals surface area contributed by atoms with Gasteiger partial charge in [0, 0.05) is 0 Å². The van der Waals surface area contributed by atoms with Crippen molar-refractivity contribution in [3.05, 3.63) is 58.3 Å². The SMILES string of the molecule is O=[N+]([O-])c1c(F)cccc1S(=O)(=O)Nc1cccc(F)n1. The lowest BCUT2D eigenvalue weighted by atomic mass is 10.3. The maximum absolute atomic E-state index is 13.4. The summed E-state index contributed by atoms with van der Waals surface area (Å²) < 4.78 is 52.3. The van der Waals surface area contributed by atoms with E-state index in [0.717, 1.165) is 30.3 Å². The van der Waals surface area contributed by atoms with Crippen LogP contribution in [0.4, 0.5) is 20.3 Å². The number of rotatable bonds is 4. The van der Waals surface area contributed by atoms with Gasteiger partial charge in [0.05, 0.1) is 4.92 Å². The molecule has 0 aliphatic heterocycles. The summed E-state index contributed by atoms with van der Waals surface area (Å²) in [7, 11) is -4.49. The standard InChI is InChI=1S/C11H7F2N3O4S/c12-7-3-1-4-8(11(7)16(17)18)21(19,20)15-10-6-2-5-9(13)14-10/h1-6H,(H,14,15). The average Bonchev–Trinajstić information content (AvgIpc) is 2.37. The van der Waals surface area contributed by atoms with Crippen molar-refractivity contribution in [2.24, 2.45) is 0 Å². The van der Waals surface area contributed by atoms with Gasteiger partial charge >= 0.3 is 5.69 Å². The Bertz CT molecular complexity index is 811. The van der Waals surface area contributed by atoms with Crippen molar-refractivity contribution >= 4 is 21.5 Å². The molecule has 2 aromatic rings. The van der Waals surface area contributed by atoms with E-state index in [4.69, 9.17) is 0 Å². The first-order chi connectivity index (χ1) is 9.81. The van der Waals surface area contributed by atoms with Crippen LogP contribution in [-0.4, -0.2) is 18.3 Å². The Morgan fingerprint density at radius 2 is 1.81 bits per heavy atom. The normalized spacial score (nSPS) is 11.1. The maximum atomic E-state index is 13.4. The summed E-state index contributed by atoms with van der Waals surface area (Å²) in [6.07, 6.45) is 0. The number of hydrogen-bond acceptors (Lipinski definition) is 5. The van der Waals surface area contributed by atoms with Gasteiger partial charge in [0.15, 0.2) is 4.90 Å². The van der Waals surface area contributed by atoms with E-state index in [0.29, 0.717) is 0 Å². The Labute approximate surface area is 117 Å². The molecule has 7 nitrogen and oxygen atoms in total. The number of hydrogen-bond donors (Lipinski definition) is 1. The molecule has 1 aromatic carbocycles. The van der Waals surface area contributed by atoms with Crippen molar-refractivity contribution in [2.45, 2.75) is 4.90 Å². The number of nitro benzene ring substituents is 1. The van der Waals surface area contributed by atoms with Crippen LogP contribution in [0, 0.1) is 21.9 Å². The molecule has 0 saturated heterocycles. The average molecular weight is 315 g/mol. The van der Waals surface area contributed by atoms with Crippen LogP contribution in [0.1, 0.15) is 0 Å². The van der Waals surface area contributed by atoms with Gasteiger partial charge in [-0.1, -0.05) is 12.1 Å². The molecule has 0 bridgehead atoms. The predicted octanol–water partition coefficient (Wildman–Crippen LogP) is 2.07. The van der Waals surface area contributed by atoms with Gasteiger partial charge in [-0.3, -0.25) is 14.8 Å². The molecule has 0 saturated carbocycles. The van der Waals surface area contributed by atoms with Crippen molar-refractivity contribution in [1.29, 1.82) is 0 Å². The molecule has 0 atom stereocenters. The molecule has 0 unspecified atom stereocenters. The van der Waals surface area contributed by atoms with Gasteiger partial charge in [-0.25, -0.2) is 13.4 Å². The lowest BCUT2D eigenvalue weighted by Crippen LogP contribution is -2.16. The highest BCUT2D eigenvalue weighted by Gasteiger charge is 2.29. The zero-order chi connectivity index (χ0) is 15.6. The smallest absolute Gasteiger partial charge is 0.263 e. The highest BCUT2D eigenvalue weighted by Crippen LogP contribution is 2.27. The molecule has 21 heavy (non-hydrogen) atoms. The molecule has 1 N–H and O–H groups in total. The topological polar surface area (TPSA) is 102 Å². The van der Waals surface area contributed by atoms with Crippen molar-refractivity contribution < 1.29 is 22.1 Å². The molecular weight excluding hydrogens is 308 g/mol. The summed E-state index contributed by atoms with van der Waals surface area (Å²) in [6.45, 7) is 0. The zero-order valence-electron chi connectivity index (χ0n) is 10.2. The van der Waals surface area contributed by atoms with E-state index in [1.165, 1.54) is 6.07 Å². The molecule has 0 radical (unpaired) electrons. The fourth-order valence-electron chi connectivity index (χ4n) is 1.55. The van der Waals surface area contributed by atoms with Crippen LogP contribution in [0.2, 0.25) is 0 Å². The fraction of sp³-hybridized carbons (Fsp3) is 0. The molecular formula is C11H7F2N3O4S. The summed E-state index contributed by atoms with van der Waals surface area (Å²) in [6, 6.07) is 5.96. The molecule has 1 aromatic heterocycles. The third-order valence-electron chi connectivity index (χ3n) is 2.38. The summed E-state index contributed by atoms with van der Waals surface area (Å²) in [5.74, 6) is -2.62. The summed E-state index contributed by atoms with van der Waals surface area (Å²) >= 11 is 0. The van der Waals surface area contributed by atoms with E-state index in [9.17, 15) is 27.3 Å². The Hall–Kier alpha value is -2.62. The highest BCUT2D eigenvalue weighted by molar-refractivity contribution is 7.92. The number of benzene rings is 1. The minimum atomic E-state index is -4.49. The van der Waals surface area contributed by atoms with Crippen LogP contribution in [0.5, 0.6) is 0 Å². The maximum Gasteiger partial charge on any atom is 0.325 e. The lowest BCUT2D eigenvalue weighted by Gasteiger charge is -2.08. The third kappa shape index (κ3) is 3.11.